The SMILES string of the molecule is CO[C@@H]1COC[C@@H](N(C)C(=O)c2cn[nH]c2)[C@@H]1O. The number of carbonyl (C=O) groups is 1. The van der Waals surface area contributed by atoms with Crippen LogP contribution in [-0.2, 0) is 9.47 Å². The van der Waals surface area contributed by atoms with Crippen molar-refractivity contribution in [1.29, 1.82) is 0 Å². The molecule has 1 aromatic heterocycles. The van der Waals surface area contributed by atoms with E-state index in [1.165, 1.54) is 24.4 Å². The first kappa shape index (κ1) is 13.0. The van der Waals surface area contributed by atoms with Crippen LogP contribution in [0.4, 0.5) is 0 Å². The zero-order valence-electron chi connectivity index (χ0n) is 10.4. The van der Waals surface area contributed by atoms with Gasteiger partial charge in [0.15, 0.2) is 0 Å². The van der Waals surface area contributed by atoms with Gasteiger partial charge in [0.2, 0.25) is 0 Å². The molecule has 7 heteroatoms. The molecule has 2 N–H and O–H groups in total. The molecule has 0 saturated carbocycles. The van der Waals surface area contributed by atoms with Gasteiger partial charge in [0.25, 0.3) is 5.91 Å². The van der Waals surface area contributed by atoms with E-state index in [4.69, 9.17) is 9.47 Å². The van der Waals surface area contributed by atoms with Crippen LogP contribution in [0.15, 0.2) is 12.4 Å². The molecule has 0 aliphatic carbocycles. The zero-order chi connectivity index (χ0) is 13.1. The van der Waals surface area contributed by atoms with Crippen LogP contribution in [0.1, 0.15) is 10.4 Å². The first-order valence-corrected chi connectivity index (χ1v) is 5.69. The molecule has 1 aliphatic rings. The fraction of sp³-hybridized carbons (Fsp3) is 0.636. The van der Waals surface area contributed by atoms with Crippen molar-refractivity contribution in [2.75, 3.05) is 27.4 Å². The second kappa shape index (κ2) is 5.47. The Labute approximate surface area is 105 Å². The van der Waals surface area contributed by atoms with E-state index < -0.39 is 18.2 Å². The molecule has 0 radical (unpaired) electrons. The average molecular weight is 255 g/mol. The predicted molar refractivity (Wildman–Crippen MR) is 62.1 cm³/mol. The van der Waals surface area contributed by atoms with Crippen molar-refractivity contribution in [2.45, 2.75) is 18.2 Å². The summed E-state index contributed by atoms with van der Waals surface area (Å²) in [6, 6.07) is -0.425. The highest BCUT2D eigenvalue weighted by molar-refractivity contribution is 5.93. The third-order valence-corrected chi connectivity index (χ3v) is 3.21. The molecule has 2 heterocycles. The number of aliphatic hydroxyl groups is 1. The quantitative estimate of drug-likeness (QED) is 0.742. The maximum Gasteiger partial charge on any atom is 0.257 e. The standard InChI is InChI=1S/C11H17N3O4/c1-14(11(16)7-3-12-13-4-7)8-5-18-6-9(17-2)10(8)15/h3-4,8-10,15H,5-6H2,1-2H3,(H,12,13)/t8-,9-,10+/m1/s1. The minimum atomic E-state index is -0.760. The molecule has 1 fully saturated rings. The summed E-state index contributed by atoms with van der Waals surface area (Å²) in [5.41, 5.74) is 0.448. The van der Waals surface area contributed by atoms with Crippen LogP contribution in [0.2, 0.25) is 0 Å². The van der Waals surface area contributed by atoms with E-state index in [9.17, 15) is 9.90 Å². The highest BCUT2D eigenvalue weighted by Crippen LogP contribution is 2.17. The van der Waals surface area contributed by atoms with E-state index in [0.717, 1.165) is 0 Å². The van der Waals surface area contributed by atoms with Crippen molar-refractivity contribution in [1.82, 2.24) is 15.1 Å². The van der Waals surface area contributed by atoms with E-state index >= 15 is 0 Å². The summed E-state index contributed by atoms with van der Waals surface area (Å²) >= 11 is 0. The number of hydrogen-bond acceptors (Lipinski definition) is 5. The molecule has 1 aromatic rings. The molecule has 3 atom stereocenters. The Kier molecular flexibility index (Phi) is 3.95. The first-order valence-electron chi connectivity index (χ1n) is 5.69. The Hall–Kier alpha value is -1.44. The second-order valence-corrected chi connectivity index (χ2v) is 4.27. The number of nitrogens with zero attached hydrogens (tertiary/aromatic N) is 2. The Morgan fingerprint density at radius 2 is 2.44 bits per heavy atom. The van der Waals surface area contributed by atoms with Gasteiger partial charge in [-0.1, -0.05) is 0 Å². The number of carbonyl (C=O) groups excluding carboxylic acids is 1. The molecule has 1 amide bonds. The molecular formula is C11H17N3O4. The maximum absolute atomic E-state index is 12.1. The van der Waals surface area contributed by atoms with Crippen molar-refractivity contribution < 1.29 is 19.4 Å². The lowest BCUT2D eigenvalue weighted by Gasteiger charge is -2.38. The molecule has 0 aromatic carbocycles. The summed E-state index contributed by atoms with van der Waals surface area (Å²) in [5.74, 6) is -0.215. The number of rotatable bonds is 3. The van der Waals surface area contributed by atoms with Crippen LogP contribution in [0, 0.1) is 0 Å². The number of aromatic amines is 1. The van der Waals surface area contributed by atoms with Crippen LogP contribution in [0.25, 0.3) is 0 Å². The van der Waals surface area contributed by atoms with E-state index in [1.807, 2.05) is 0 Å². The molecule has 7 nitrogen and oxygen atoms in total. The fourth-order valence-electron chi connectivity index (χ4n) is 2.02. The zero-order valence-corrected chi connectivity index (χ0v) is 10.4. The van der Waals surface area contributed by atoms with Gasteiger partial charge >= 0.3 is 0 Å². The van der Waals surface area contributed by atoms with Gasteiger partial charge in [-0.15, -0.1) is 0 Å². The summed E-state index contributed by atoms with van der Waals surface area (Å²) < 4.78 is 10.5. The minimum absolute atomic E-state index is 0.215. The molecule has 18 heavy (non-hydrogen) atoms. The van der Waals surface area contributed by atoms with Crippen LogP contribution in [0.3, 0.4) is 0 Å². The Morgan fingerprint density at radius 1 is 1.67 bits per heavy atom. The number of nitrogens with one attached hydrogen (secondary N) is 1. The summed E-state index contributed by atoms with van der Waals surface area (Å²) in [7, 11) is 3.14. The van der Waals surface area contributed by atoms with Crippen LogP contribution >= 0.6 is 0 Å². The highest BCUT2D eigenvalue weighted by Gasteiger charge is 2.37. The van der Waals surface area contributed by atoms with Crippen molar-refractivity contribution >= 4 is 5.91 Å². The molecule has 0 bridgehead atoms. The topological polar surface area (TPSA) is 87.7 Å². The van der Waals surface area contributed by atoms with Gasteiger partial charge in [0, 0.05) is 20.4 Å². The number of aromatic nitrogens is 2. The number of ether oxygens (including phenoxy) is 2. The Bertz CT molecular complexity index is 395. The van der Waals surface area contributed by atoms with E-state index in [2.05, 4.69) is 10.2 Å². The largest absolute Gasteiger partial charge is 0.388 e. The number of hydrogen-bond donors (Lipinski definition) is 2. The van der Waals surface area contributed by atoms with Crippen LogP contribution < -0.4 is 0 Å². The third kappa shape index (κ3) is 2.38. The van der Waals surface area contributed by atoms with Gasteiger partial charge in [-0.05, 0) is 0 Å². The number of likely N-dealkylation sites (N-methyl/N-ethyl adjacent to an activating group) is 1. The molecule has 0 spiro atoms. The Morgan fingerprint density at radius 3 is 3.06 bits per heavy atom. The number of methoxy groups -OCH3 is 1. The number of aliphatic hydroxyl groups excluding tert-OH is 1. The monoisotopic (exact) mass is 255 g/mol. The van der Waals surface area contributed by atoms with Crippen molar-refractivity contribution in [3.63, 3.8) is 0 Å². The van der Waals surface area contributed by atoms with E-state index in [-0.39, 0.29) is 5.91 Å². The van der Waals surface area contributed by atoms with Gasteiger partial charge in [-0.2, -0.15) is 5.10 Å². The summed E-state index contributed by atoms with van der Waals surface area (Å²) in [5, 5.41) is 16.4. The fourth-order valence-corrected chi connectivity index (χ4v) is 2.02. The van der Waals surface area contributed by atoms with Gasteiger partial charge in [-0.3, -0.25) is 9.89 Å². The maximum atomic E-state index is 12.1. The molecule has 2 rings (SSSR count). The molecule has 1 saturated heterocycles. The van der Waals surface area contributed by atoms with E-state index in [0.29, 0.717) is 18.8 Å². The molecule has 0 unspecified atom stereocenters. The lowest BCUT2D eigenvalue weighted by molar-refractivity contribution is -0.135. The Balaban J connectivity index is 2.08. The lowest BCUT2D eigenvalue weighted by Crippen LogP contribution is -2.56. The van der Waals surface area contributed by atoms with Gasteiger partial charge in [0.05, 0.1) is 31.0 Å². The number of H-pyrrole nitrogens is 1. The predicted octanol–water partition coefficient (Wildman–Crippen LogP) is -0.744. The smallest absolute Gasteiger partial charge is 0.257 e. The molecule has 1 aliphatic heterocycles. The summed E-state index contributed by atoms with van der Waals surface area (Å²) in [6.45, 7) is 0.628. The first-order chi connectivity index (χ1) is 8.65. The highest BCUT2D eigenvalue weighted by atomic mass is 16.5. The molecule has 100 valence electrons. The van der Waals surface area contributed by atoms with Crippen LogP contribution in [-0.4, -0.2) is 71.7 Å². The molecular weight excluding hydrogens is 238 g/mol. The van der Waals surface area contributed by atoms with Gasteiger partial charge < -0.3 is 19.5 Å². The van der Waals surface area contributed by atoms with E-state index in [1.54, 1.807) is 7.05 Å². The minimum Gasteiger partial charge on any atom is -0.388 e. The normalized spacial score (nSPS) is 28.1. The van der Waals surface area contributed by atoms with Gasteiger partial charge in [0.1, 0.15) is 12.2 Å². The van der Waals surface area contributed by atoms with Gasteiger partial charge in [-0.25, -0.2) is 0 Å². The third-order valence-electron chi connectivity index (χ3n) is 3.21. The summed E-state index contributed by atoms with van der Waals surface area (Å²) in [4.78, 5) is 13.6. The van der Waals surface area contributed by atoms with Crippen molar-refractivity contribution in [3.05, 3.63) is 18.0 Å². The lowest BCUT2D eigenvalue weighted by atomic mass is 10.0. The average Bonchev–Trinajstić information content (AvgIpc) is 2.91. The number of amides is 1. The second-order valence-electron chi connectivity index (χ2n) is 4.27. The van der Waals surface area contributed by atoms with Crippen molar-refractivity contribution in [2.24, 2.45) is 0 Å². The summed E-state index contributed by atoms with van der Waals surface area (Å²) in [6.07, 6.45) is 1.79. The van der Waals surface area contributed by atoms with Crippen LogP contribution in [0.5, 0.6) is 0 Å². The van der Waals surface area contributed by atoms with Crippen molar-refractivity contribution in [3.8, 4) is 0 Å².